The number of hydrogen-bond donors (Lipinski definition) is 2. The first-order chi connectivity index (χ1) is 8.56. The lowest BCUT2D eigenvalue weighted by Gasteiger charge is -2.06. The molecule has 0 aliphatic carbocycles. The summed E-state index contributed by atoms with van der Waals surface area (Å²) in [5.74, 6) is -0.0900. The number of thiophene rings is 1. The summed E-state index contributed by atoms with van der Waals surface area (Å²) in [7, 11) is 0. The third kappa shape index (κ3) is 2.90. The van der Waals surface area contributed by atoms with Crippen LogP contribution in [0.1, 0.15) is 25.7 Å². The first-order valence-corrected chi connectivity index (χ1v) is 6.57. The van der Waals surface area contributed by atoms with Crippen molar-refractivity contribution in [2.45, 2.75) is 20.4 Å². The standard InChI is InChI=1S/C14H16N2OS/c1-9-3-5-11(7-13(9)15)14(17)16-8-12-6-4-10(2)18-12/h3-7H,8,15H2,1-2H3,(H,16,17). The van der Waals surface area contributed by atoms with Gasteiger partial charge in [0.05, 0.1) is 6.54 Å². The van der Waals surface area contributed by atoms with Crippen molar-refractivity contribution >= 4 is 22.9 Å². The Balaban J connectivity index is 2.01. The van der Waals surface area contributed by atoms with Gasteiger partial charge < -0.3 is 11.1 Å². The first-order valence-electron chi connectivity index (χ1n) is 5.76. The van der Waals surface area contributed by atoms with Gasteiger partial charge in [-0.15, -0.1) is 11.3 Å². The summed E-state index contributed by atoms with van der Waals surface area (Å²) in [5.41, 5.74) is 8.03. The van der Waals surface area contributed by atoms with Crippen molar-refractivity contribution in [1.82, 2.24) is 5.32 Å². The van der Waals surface area contributed by atoms with E-state index in [0.29, 0.717) is 17.8 Å². The van der Waals surface area contributed by atoms with Gasteiger partial charge in [-0.05, 0) is 43.7 Å². The lowest BCUT2D eigenvalue weighted by molar-refractivity contribution is 0.0951. The van der Waals surface area contributed by atoms with Crippen LogP contribution in [0.15, 0.2) is 30.3 Å². The van der Waals surface area contributed by atoms with Crippen molar-refractivity contribution in [3.8, 4) is 0 Å². The number of nitrogens with two attached hydrogens (primary N) is 1. The van der Waals surface area contributed by atoms with Crippen LogP contribution in [0, 0.1) is 13.8 Å². The average molecular weight is 260 g/mol. The summed E-state index contributed by atoms with van der Waals surface area (Å²) in [6.45, 7) is 4.53. The predicted octanol–water partition coefficient (Wildman–Crippen LogP) is 2.88. The molecule has 0 atom stereocenters. The number of carbonyl (C=O) groups is 1. The fourth-order valence-corrected chi connectivity index (χ4v) is 2.46. The van der Waals surface area contributed by atoms with Crippen LogP contribution < -0.4 is 11.1 Å². The molecule has 3 N–H and O–H groups in total. The molecule has 4 heteroatoms. The van der Waals surface area contributed by atoms with Gasteiger partial charge in [0.15, 0.2) is 0 Å². The van der Waals surface area contributed by atoms with Gasteiger partial charge >= 0.3 is 0 Å². The van der Waals surface area contributed by atoms with E-state index in [-0.39, 0.29) is 5.91 Å². The molecule has 0 spiro atoms. The molecule has 0 aliphatic heterocycles. The van der Waals surface area contributed by atoms with Gasteiger partial charge in [0.25, 0.3) is 5.91 Å². The van der Waals surface area contributed by atoms with Gasteiger partial charge in [-0.3, -0.25) is 4.79 Å². The van der Waals surface area contributed by atoms with Crippen LogP contribution in [0.2, 0.25) is 0 Å². The first kappa shape index (κ1) is 12.6. The van der Waals surface area contributed by atoms with E-state index in [1.165, 1.54) is 4.88 Å². The number of nitrogens with one attached hydrogen (secondary N) is 1. The van der Waals surface area contributed by atoms with E-state index in [9.17, 15) is 4.79 Å². The minimum absolute atomic E-state index is 0.0900. The van der Waals surface area contributed by atoms with Crippen LogP contribution in [0.4, 0.5) is 5.69 Å². The molecule has 1 aromatic heterocycles. The van der Waals surface area contributed by atoms with Crippen LogP contribution in [0.25, 0.3) is 0 Å². The topological polar surface area (TPSA) is 55.1 Å². The Morgan fingerprint density at radius 3 is 2.67 bits per heavy atom. The SMILES string of the molecule is Cc1ccc(CNC(=O)c2ccc(C)c(N)c2)s1. The Morgan fingerprint density at radius 1 is 1.28 bits per heavy atom. The second-order valence-corrected chi connectivity index (χ2v) is 5.64. The van der Waals surface area contributed by atoms with Gasteiger partial charge in [0, 0.05) is 21.0 Å². The largest absolute Gasteiger partial charge is 0.398 e. The van der Waals surface area contributed by atoms with Crippen molar-refractivity contribution in [2.24, 2.45) is 0 Å². The third-order valence-corrected chi connectivity index (χ3v) is 3.76. The molecule has 0 radical (unpaired) electrons. The molecular formula is C14H16N2OS. The quantitative estimate of drug-likeness (QED) is 0.834. The minimum Gasteiger partial charge on any atom is -0.398 e. The molecule has 0 fully saturated rings. The van der Waals surface area contributed by atoms with Crippen LogP contribution >= 0.6 is 11.3 Å². The molecule has 0 saturated carbocycles. The normalized spacial score (nSPS) is 10.3. The predicted molar refractivity (Wildman–Crippen MR) is 75.8 cm³/mol. The Kier molecular flexibility index (Phi) is 3.67. The van der Waals surface area contributed by atoms with Gasteiger partial charge in [-0.2, -0.15) is 0 Å². The second kappa shape index (κ2) is 5.23. The molecule has 1 heterocycles. The summed E-state index contributed by atoms with van der Waals surface area (Å²) in [5, 5.41) is 2.89. The van der Waals surface area contributed by atoms with Gasteiger partial charge in [-0.25, -0.2) is 0 Å². The molecule has 0 bridgehead atoms. The number of nitrogen functional groups attached to an aromatic ring is 1. The number of carbonyl (C=O) groups excluding carboxylic acids is 1. The Bertz CT molecular complexity index is 575. The number of aryl methyl sites for hydroxylation is 2. The van der Waals surface area contributed by atoms with Crippen molar-refractivity contribution < 1.29 is 4.79 Å². The molecule has 94 valence electrons. The summed E-state index contributed by atoms with van der Waals surface area (Å²) in [6.07, 6.45) is 0. The zero-order valence-electron chi connectivity index (χ0n) is 10.5. The molecular weight excluding hydrogens is 244 g/mol. The van der Waals surface area contributed by atoms with Gasteiger partial charge in [-0.1, -0.05) is 6.07 Å². The minimum atomic E-state index is -0.0900. The highest BCUT2D eigenvalue weighted by Gasteiger charge is 2.07. The maximum Gasteiger partial charge on any atom is 0.251 e. The maximum atomic E-state index is 11.9. The molecule has 18 heavy (non-hydrogen) atoms. The summed E-state index contributed by atoms with van der Waals surface area (Å²) < 4.78 is 0. The molecule has 0 saturated heterocycles. The molecule has 1 amide bonds. The highest BCUT2D eigenvalue weighted by Crippen LogP contribution is 2.16. The molecule has 3 nitrogen and oxygen atoms in total. The highest BCUT2D eigenvalue weighted by molar-refractivity contribution is 7.11. The van der Waals surface area contributed by atoms with E-state index >= 15 is 0 Å². The second-order valence-electron chi connectivity index (χ2n) is 4.27. The summed E-state index contributed by atoms with van der Waals surface area (Å²) in [6, 6.07) is 9.45. The molecule has 2 rings (SSSR count). The van der Waals surface area contributed by atoms with E-state index < -0.39 is 0 Å². The van der Waals surface area contributed by atoms with Crippen LogP contribution in [0.3, 0.4) is 0 Å². The van der Waals surface area contributed by atoms with Crippen molar-refractivity contribution in [3.05, 3.63) is 51.2 Å². The third-order valence-electron chi connectivity index (χ3n) is 2.76. The van der Waals surface area contributed by atoms with E-state index in [2.05, 4.69) is 18.3 Å². The van der Waals surface area contributed by atoms with Crippen LogP contribution in [-0.2, 0) is 6.54 Å². The fraction of sp³-hybridized carbons (Fsp3) is 0.214. The van der Waals surface area contributed by atoms with Gasteiger partial charge in [0.1, 0.15) is 0 Å². The van der Waals surface area contributed by atoms with E-state index in [4.69, 9.17) is 5.73 Å². The highest BCUT2D eigenvalue weighted by atomic mass is 32.1. The monoisotopic (exact) mass is 260 g/mol. The lowest BCUT2D eigenvalue weighted by atomic mass is 10.1. The number of anilines is 1. The van der Waals surface area contributed by atoms with E-state index in [0.717, 1.165) is 10.4 Å². The van der Waals surface area contributed by atoms with Crippen molar-refractivity contribution in [1.29, 1.82) is 0 Å². The molecule has 0 unspecified atom stereocenters. The van der Waals surface area contributed by atoms with Gasteiger partial charge in [0.2, 0.25) is 0 Å². The summed E-state index contributed by atoms with van der Waals surface area (Å²) in [4.78, 5) is 14.3. The molecule has 1 aromatic carbocycles. The Morgan fingerprint density at radius 2 is 2.06 bits per heavy atom. The summed E-state index contributed by atoms with van der Waals surface area (Å²) >= 11 is 1.69. The Labute approximate surface area is 111 Å². The number of benzene rings is 1. The maximum absolute atomic E-state index is 11.9. The molecule has 0 aliphatic rings. The lowest BCUT2D eigenvalue weighted by Crippen LogP contribution is -2.22. The van der Waals surface area contributed by atoms with Crippen LogP contribution in [-0.4, -0.2) is 5.91 Å². The fourth-order valence-electron chi connectivity index (χ4n) is 1.63. The number of hydrogen-bond acceptors (Lipinski definition) is 3. The number of amides is 1. The zero-order chi connectivity index (χ0) is 13.1. The van der Waals surface area contributed by atoms with Crippen molar-refractivity contribution in [2.75, 3.05) is 5.73 Å². The Hall–Kier alpha value is -1.81. The van der Waals surface area contributed by atoms with E-state index in [1.807, 2.05) is 19.1 Å². The van der Waals surface area contributed by atoms with Crippen molar-refractivity contribution in [3.63, 3.8) is 0 Å². The zero-order valence-corrected chi connectivity index (χ0v) is 11.3. The average Bonchev–Trinajstić information content (AvgIpc) is 2.75. The van der Waals surface area contributed by atoms with Crippen LogP contribution in [0.5, 0.6) is 0 Å². The smallest absolute Gasteiger partial charge is 0.251 e. The number of rotatable bonds is 3. The molecule has 2 aromatic rings. The van der Waals surface area contributed by atoms with E-state index in [1.54, 1.807) is 23.5 Å².